The summed E-state index contributed by atoms with van der Waals surface area (Å²) in [4.78, 5) is 0. The summed E-state index contributed by atoms with van der Waals surface area (Å²) in [6, 6.07) is 0. The van der Waals surface area contributed by atoms with Crippen LogP contribution in [0.5, 0.6) is 0 Å². The predicted octanol–water partition coefficient (Wildman–Crippen LogP) is 4.23. The van der Waals surface area contributed by atoms with Crippen LogP contribution in [-0.2, 0) is 0 Å². The molecule has 0 aromatic carbocycles. The number of rotatable bonds is 8. The van der Waals surface area contributed by atoms with E-state index in [0.717, 1.165) is 8.87 Å². The number of thiocarbonyl (C=S) groups is 2. The van der Waals surface area contributed by atoms with Crippen molar-refractivity contribution < 1.29 is 0 Å². The number of isothiocyanates is 2. The molecular formula is C10H18N2S2Sn. The van der Waals surface area contributed by atoms with Gasteiger partial charge in [-0.15, -0.1) is 0 Å². The number of hydrogen-bond donors (Lipinski definition) is 0. The van der Waals surface area contributed by atoms with Crippen LogP contribution < -0.4 is 0 Å². The van der Waals surface area contributed by atoms with Gasteiger partial charge in [0.05, 0.1) is 0 Å². The quantitative estimate of drug-likeness (QED) is 0.372. The molecule has 0 amide bonds. The Kier molecular flexibility index (Phi) is 9.87. The third kappa shape index (κ3) is 6.54. The van der Waals surface area contributed by atoms with E-state index in [-0.39, 0.29) is 0 Å². The first-order valence-corrected chi connectivity index (χ1v) is 12.8. The van der Waals surface area contributed by atoms with E-state index >= 15 is 0 Å². The summed E-state index contributed by atoms with van der Waals surface area (Å²) in [6.45, 7) is 4.36. The van der Waals surface area contributed by atoms with Crippen LogP contribution in [0.4, 0.5) is 0 Å². The molecule has 0 aliphatic rings. The molecule has 5 heteroatoms. The van der Waals surface area contributed by atoms with Crippen LogP contribution >= 0.6 is 24.4 Å². The molecule has 0 aliphatic heterocycles. The van der Waals surface area contributed by atoms with Gasteiger partial charge in [0.15, 0.2) is 0 Å². The van der Waals surface area contributed by atoms with Crippen LogP contribution in [0.2, 0.25) is 8.87 Å². The standard InChI is InChI=1S/2C4H9.2CNS.Sn/c2*1-3-4-2;2*2-1-3;/h2*1,3-4H2,2H3;;;/q;;2*-1;+2. The topological polar surface area (TPSA) is 24.7 Å². The minimum atomic E-state index is -2.81. The first-order chi connectivity index (χ1) is 7.24. The van der Waals surface area contributed by atoms with E-state index in [1.807, 2.05) is 0 Å². The van der Waals surface area contributed by atoms with Crippen molar-refractivity contribution in [3.8, 4) is 0 Å². The zero-order valence-corrected chi connectivity index (χ0v) is 13.9. The molecule has 0 radical (unpaired) electrons. The fraction of sp³-hybridized carbons (Fsp3) is 0.800. The molecule has 0 rings (SSSR count). The maximum absolute atomic E-state index is 4.73. The molecule has 0 saturated carbocycles. The van der Waals surface area contributed by atoms with Crippen LogP contribution in [0.25, 0.3) is 0 Å². The summed E-state index contributed by atoms with van der Waals surface area (Å²) in [7, 11) is 0. The summed E-state index contributed by atoms with van der Waals surface area (Å²) in [5.41, 5.74) is 0. The van der Waals surface area contributed by atoms with Crippen LogP contribution in [-0.4, -0.2) is 29.2 Å². The Morgan fingerprint density at radius 1 is 0.933 bits per heavy atom. The molecule has 0 atom stereocenters. The molecule has 0 aromatic rings. The predicted molar refractivity (Wildman–Crippen MR) is 75.2 cm³/mol. The zero-order valence-electron chi connectivity index (χ0n) is 9.45. The van der Waals surface area contributed by atoms with Gasteiger partial charge in [-0.25, -0.2) is 0 Å². The first kappa shape index (κ1) is 15.4. The Hall–Kier alpha value is 0.399. The average molecular weight is 349 g/mol. The Morgan fingerprint density at radius 2 is 1.33 bits per heavy atom. The van der Waals surface area contributed by atoms with Crippen molar-refractivity contribution in [3.63, 3.8) is 0 Å². The molecule has 0 fully saturated rings. The Morgan fingerprint density at radius 3 is 1.60 bits per heavy atom. The monoisotopic (exact) mass is 350 g/mol. The maximum atomic E-state index is 4.73. The second-order valence-electron chi connectivity index (χ2n) is 3.60. The number of nitrogens with zero attached hydrogens (tertiary/aromatic N) is 2. The summed E-state index contributed by atoms with van der Waals surface area (Å²) in [5.74, 6) is 0. The van der Waals surface area contributed by atoms with E-state index in [2.05, 4.69) is 30.6 Å². The van der Waals surface area contributed by atoms with Crippen LogP contribution in [0.15, 0.2) is 6.43 Å². The minimum absolute atomic E-state index is 1.10. The van der Waals surface area contributed by atoms with Gasteiger partial charge >= 0.3 is 109 Å². The molecule has 0 N–H and O–H groups in total. The van der Waals surface area contributed by atoms with Crippen molar-refractivity contribution in [2.24, 2.45) is 6.43 Å². The fourth-order valence-electron chi connectivity index (χ4n) is 1.46. The van der Waals surface area contributed by atoms with Crippen LogP contribution in [0.1, 0.15) is 39.5 Å². The third-order valence-corrected chi connectivity index (χ3v) is 13.1. The van der Waals surface area contributed by atoms with Gasteiger partial charge in [0.25, 0.3) is 0 Å². The molecule has 0 spiro atoms. The molecule has 0 aromatic heterocycles. The Labute approximate surface area is 108 Å². The van der Waals surface area contributed by atoms with E-state index in [4.69, 9.17) is 24.4 Å². The fourth-order valence-corrected chi connectivity index (χ4v) is 12.1. The first-order valence-electron chi connectivity index (χ1n) is 5.42. The molecule has 15 heavy (non-hydrogen) atoms. The van der Waals surface area contributed by atoms with Crippen molar-refractivity contribution >= 4 is 53.7 Å². The van der Waals surface area contributed by atoms with Gasteiger partial charge < -0.3 is 0 Å². The molecule has 0 bridgehead atoms. The molecule has 84 valence electrons. The summed E-state index contributed by atoms with van der Waals surface area (Å²) >= 11 is 6.65. The summed E-state index contributed by atoms with van der Waals surface area (Å²) < 4.78 is 11.0. The van der Waals surface area contributed by atoms with Gasteiger partial charge in [0.2, 0.25) is 0 Å². The van der Waals surface area contributed by atoms with E-state index in [1.165, 1.54) is 25.7 Å². The van der Waals surface area contributed by atoms with E-state index < -0.39 is 18.9 Å². The van der Waals surface area contributed by atoms with E-state index in [1.54, 1.807) is 0 Å². The molecule has 2 nitrogen and oxygen atoms in total. The summed E-state index contributed by atoms with van der Waals surface area (Å²) in [5, 5.41) is 5.07. The van der Waals surface area contributed by atoms with Gasteiger partial charge in [0, 0.05) is 0 Å². The second-order valence-corrected chi connectivity index (χ2v) is 13.7. The van der Waals surface area contributed by atoms with Gasteiger partial charge in [0.1, 0.15) is 0 Å². The van der Waals surface area contributed by atoms with Crippen LogP contribution in [0, 0.1) is 0 Å². The zero-order chi connectivity index (χ0) is 11.6. The molecule has 0 aliphatic carbocycles. The number of unbranched alkanes of at least 4 members (excludes halogenated alkanes) is 2. The van der Waals surface area contributed by atoms with E-state index in [0.29, 0.717) is 0 Å². The second kappa shape index (κ2) is 9.61. The summed E-state index contributed by atoms with van der Waals surface area (Å²) in [6.07, 6.45) is 4.68. The Bertz CT molecular complexity index is 241. The van der Waals surface area contributed by atoms with Crippen molar-refractivity contribution in [2.75, 3.05) is 0 Å². The van der Waals surface area contributed by atoms with Gasteiger partial charge in [-0.1, -0.05) is 0 Å². The molecule has 0 saturated heterocycles. The van der Waals surface area contributed by atoms with Crippen molar-refractivity contribution in [3.05, 3.63) is 0 Å². The molecule has 0 unspecified atom stereocenters. The SMILES string of the molecule is CCC[CH2][Sn]([CH2]CCC)([N]=C=S)[N]=C=S. The van der Waals surface area contributed by atoms with Gasteiger partial charge in [-0.3, -0.25) is 0 Å². The third-order valence-electron chi connectivity index (χ3n) is 2.37. The van der Waals surface area contributed by atoms with Crippen molar-refractivity contribution in [1.29, 1.82) is 0 Å². The normalized spacial score (nSPS) is 10.3. The van der Waals surface area contributed by atoms with E-state index in [9.17, 15) is 0 Å². The molecule has 0 heterocycles. The van der Waals surface area contributed by atoms with Crippen molar-refractivity contribution in [2.45, 2.75) is 48.4 Å². The Balaban J connectivity index is 4.70. The average Bonchev–Trinajstić information content (AvgIpc) is 2.24. The van der Waals surface area contributed by atoms with Gasteiger partial charge in [-0.05, 0) is 0 Å². The van der Waals surface area contributed by atoms with Crippen molar-refractivity contribution in [1.82, 2.24) is 0 Å². The molecular weight excluding hydrogens is 331 g/mol. The van der Waals surface area contributed by atoms with Crippen LogP contribution in [0.3, 0.4) is 0 Å². The van der Waals surface area contributed by atoms with Gasteiger partial charge in [-0.2, -0.15) is 0 Å². The number of hydrogen-bond acceptors (Lipinski definition) is 4.